The second-order valence-corrected chi connectivity index (χ2v) is 24.4. The Morgan fingerprint density at radius 3 is 1.10 bits per heavy atom. The van der Waals surface area contributed by atoms with Gasteiger partial charge in [-0.3, -0.25) is 9.97 Å². The smallest absolute Gasteiger partial charge is 0.337 e. The number of nitrogens with zero attached hydrogens (tertiary/aromatic N) is 4. The van der Waals surface area contributed by atoms with Gasteiger partial charge in [0, 0.05) is 32.9 Å². The first-order valence-electron chi connectivity index (χ1n) is 23.8. The minimum absolute atomic E-state index is 0.107. The topological polar surface area (TPSA) is 158 Å². The number of hydrogen-bond acceptors (Lipinski definition) is 10. The number of ether oxygens (including phenoxy) is 2. The molecule has 2 aromatic carbocycles. The number of aromatic nitrogens is 4. The van der Waals surface area contributed by atoms with Crippen LogP contribution in [-0.2, 0) is 31.1 Å². The van der Waals surface area contributed by atoms with Gasteiger partial charge in [-0.2, -0.15) is 10.5 Å². The Kier molecular flexibility index (Phi) is 13.4. The van der Waals surface area contributed by atoms with E-state index in [0.29, 0.717) is 32.9 Å². The molecule has 2 N–H and O–H groups in total. The Labute approximate surface area is 429 Å². The minimum Gasteiger partial charge on any atom is -0.465 e. The molecule has 0 saturated carbocycles. The van der Waals surface area contributed by atoms with E-state index in [1.54, 1.807) is 46.9 Å². The first-order valence-corrected chi connectivity index (χ1v) is 25.4. The Bertz CT molecular complexity index is 3370. The number of esters is 2. The first-order chi connectivity index (χ1) is 33.8. The van der Waals surface area contributed by atoms with E-state index in [1.165, 1.54) is 48.9 Å². The van der Waals surface area contributed by atoms with Gasteiger partial charge in [-0.1, -0.05) is 95.2 Å². The standard InChI is InChI=1S/C60H60N6O4S2/c1-57(2,3)37-23-35(24-38(29-37)58(4,5)6)45-15-17-47(71-45)53-49-50(52(65-53)42(32-62)44-28-34(20-22-64-44)56(68)70-14)54(66-51(49)41(31-61)43-27-33(19-21-63-43)55(67)69-13)48-18-16-46(72-48)36-25-39(59(7,8)9)30-40(26-36)60(10,11)12/h15-30,65-66H,1-14H3/b51-41-,52-42-. The number of aromatic amines is 2. The molecule has 0 radical (unpaired) electrons. The molecule has 0 aliphatic carbocycles. The summed E-state index contributed by atoms with van der Waals surface area (Å²) >= 11 is 3.19. The summed E-state index contributed by atoms with van der Waals surface area (Å²) < 4.78 is 10.2. The van der Waals surface area contributed by atoms with Gasteiger partial charge in [-0.05, 0) is 128 Å². The van der Waals surface area contributed by atoms with Crippen LogP contribution in [0.15, 0.2) is 97.3 Å². The molecule has 0 amide bonds. The zero-order valence-electron chi connectivity index (χ0n) is 43.5. The highest BCUT2D eigenvalue weighted by Gasteiger charge is 2.28. The fourth-order valence-electron chi connectivity index (χ4n) is 8.63. The maximum atomic E-state index is 12.9. The lowest BCUT2D eigenvalue weighted by molar-refractivity contribution is 0.0591. The van der Waals surface area contributed by atoms with E-state index in [1.807, 2.05) is 0 Å². The summed E-state index contributed by atoms with van der Waals surface area (Å²) in [6, 6.07) is 33.1. The third kappa shape index (κ3) is 9.95. The van der Waals surface area contributed by atoms with Crippen LogP contribution in [0.25, 0.3) is 63.9 Å². The third-order valence-electron chi connectivity index (χ3n) is 13.0. The van der Waals surface area contributed by atoms with Crippen LogP contribution in [-0.4, -0.2) is 46.1 Å². The van der Waals surface area contributed by atoms with Gasteiger partial charge < -0.3 is 19.4 Å². The van der Waals surface area contributed by atoms with Gasteiger partial charge in [0.2, 0.25) is 0 Å². The largest absolute Gasteiger partial charge is 0.465 e. The number of nitrogens with one attached hydrogen (secondary N) is 2. The molecule has 72 heavy (non-hydrogen) atoms. The molecule has 0 aliphatic heterocycles. The van der Waals surface area contributed by atoms with Crippen molar-refractivity contribution in [2.24, 2.45) is 0 Å². The molecule has 0 aliphatic rings. The number of nitriles is 2. The zero-order chi connectivity index (χ0) is 52.2. The maximum absolute atomic E-state index is 12.9. The van der Waals surface area contributed by atoms with Crippen LogP contribution in [0.5, 0.6) is 0 Å². The molecular formula is C60H60N6O4S2. The Hall–Kier alpha value is -7.38. The van der Waals surface area contributed by atoms with E-state index in [-0.39, 0.29) is 55.3 Å². The van der Waals surface area contributed by atoms with E-state index in [9.17, 15) is 20.1 Å². The van der Waals surface area contributed by atoms with Gasteiger partial charge in [0.05, 0.1) is 68.6 Å². The lowest BCUT2D eigenvalue weighted by Gasteiger charge is -2.26. The number of rotatable bonds is 8. The summed E-state index contributed by atoms with van der Waals surface area (Å²) in [5.41, 5.74) is 9.23. The number of pyridine rings is 2. The molecule has 366 valence electrons. The number of benzene rings is 2. The predicted octanol–water partition coefficient (Wildman–Crippen LogP) is 13.3. The van der Waals surface area contributed by atoms with E-state index in [0.717, 1.165) is 30.6 Å². The molecule has 0 spiro atoms. The van der Waals surface area contributed by atoms with E-state index in [4.69, 9.17) is 9.47 Å². The Morgan fingerprint density at radius 1 is 0.486 bits per heavy atom. The molecule has 6 aromatic heterocycles. The van der Waals surface area contributed by atoms with Crippen LogP contribution < -0.4 is 10.7 Å². The molecule has 8 rings (SSSR count). The SMILES string of the molecule is COC(=O)c1ccnc(/C(C#N)=c2\[nH]c(-c3ccc(-c4cc(C(C)(C)C)cc(C(C)(C)C)c4)s3)c3/c(=C(\C#N)c4cc(C(=O)OC)ccn4)[nH]c(-c4ccc(-c5cc(C(C)(C)C)cc(C(C)(C)C)c5)s4)c23)c1. The van der Waals surface area contributed by atoms with Gasteiger partial charge in [-0.15, -0.1) is 22.7 Å². The van der Waals surface area contributed by atoms with Crippen molar-refractivity contribution in [2.75, 3.05) is 14.2 Å². The van der Waals surface area contributed by atoms with Crippen molar-refractivity contribution in [3.63, 3.8) is 0 Å². The predicted molar refractivity (Wildman–Crippen MR) is 292 cm³/mol. The minimum atomic E-state index is -0.569. The van der Waals surface area contributed by atoms with Crippen LogP contribution in [0.4, 0.5) is 0 Å². The van der Waals surface area contributed by atoms with Gasteiger partial charge in [-0.25, -0.2) is 9.59 Å². The molecular weight excluding hydrogens is 933 g/mol. The molecule has 0 fully saturated rings. The van der Waals surface area contributed by atoms with Crippen molar-refractivity contribution in [3.8, 4) is 54.2 Å². The van der Waals surface area contributed by atoms with Crippen molar-refractivity contribution in [3.05, 3.63) is 153 Å². The maximum Gasteiger partial charge on any atom is 0.337 e. The van der Waals surface area contributed by atoms with E-state index in [2.05, 4.69) is 176 Å². The second-order valence-electron chi connectivity index (χ2n) is 22.2. The molecule has 0 saturated heterocycles. The number of carbonyl (C=O) groups excluding carboxylic acids is 2. The van der Waals surface area contributed by atoms with Crippen LogP contribution in [0.2, 0.25) is 0 Å². The summed E-state index contributed by atoms with van der Waals surface area (Å²) in [5.74, 6) is -1.14. The van der Waals surface area contributed by atoms with Crippen molar-refractivity contribution in [1.29, 1.82) is 10.5 Å². The zero-order valence-corrected chi connectivity index (χ0v) is 45.1. The highest BCUT2D eigenvalue weighted by Crippen LogP contribution is 2.43. The highest BCUT2D eigenvalue weighted by atomic mass is 32.1. The van der Waals surface area contributed by atoms with Crippen molar-refractivity contribution in [2.45, 2.75) is 105 Å². The lowest BCUT2D eigenvalue weighted by atomic mass is 9.79. The van der Waals surface area contributed by atoms with Gasteiger partial charge >= 0.3 is 11.9 Å². The Morgan fingerprint density at radius 2 is 0.806 bits per heavy atom. The lowest BCUT2D eigenvalue weighted by Crippen LogP contribution is -2.16. The molecule has 0 bridgehead atoms. The average molecular weight is 993 g/mol. The fraction of sp³-hybridized carbons (Fsp3) is 0.300. The van der Waals surface area contributed by atoms with Crippen LogP contribution >= 0.6 is 22.7 Å². The molecule has 0 unspecified atom stereocenters. The number of carbonyl (C=O) groups is 2. The normalized spacial score (nSPS) is 13.1. The number of thiophene rings is 2. The monoisotopic (exact) mass is 992 g/mol. The number of methoxy groups -OCH3 is 2. The van der Waals surface area contributed by atoms with Crippen LogP contribution in [0.3, 0.4) is 0 Å². The number of hydrogen-bond donors (Lipinski definition) is 2. The molecule has 6 heterocycles. The van der Waals surface area contributed by atoms with Gasteiger partial charge in [0.25, 0.3) is 0 Å². The van der Waals surface area contributed by atoms with Crippen molar-refractivity contribution < 1.29 is 19.1 Å². The third-order valence-corrected chi connectivity index (χ3v) is 15.3. The fourth-order valence-corrected chi connectivity index (χ4v) is 10.6. The van der Waals surface area contributed by atoms with Crippen molar-refractivity contribution >= 4 is 56.5 Å². The molecule has 12 heteroatoms. The summed E-state index contributed by atoms with van der Waals surface area (Å²) in [6.07, 6.45) is 2.97. The Balaban J connectivity index is 1.51. The molecule has 0 atom stereocenters. The van der Waals surface area contributed by atoms with Crippen LogP contribution in [0.1, 0.15) is 137 Å². The summed E-state index contributed by atoms with van der Waals surface area (Å²) in [4.78, 5) is 46.2. The summed E-state index contributed by atoms with van der Waals surface area (Å²) in [5, 5.41) is 24.6. The van der Waals surface area contributed by atoms with Gasteiger partial charge in [0.1, 0.15) is 23.3 Å². The van der Waals surface area contributed by atoms with Crippen LogP contribution in [0, 0.1) is 22.7 Å². The van der Waals surface area contributed by atoms with E-state index < -0.39 is 11.9 Å². The highest BCUT2D eigenvalue weighted by molar-refractivity contribution is 7.19. The number of fused-ring (bicyclic) bond motifs is 1. The second kappa shape index (κ2) is 19.0. The number of H-pyrrole nitrogens is 2. The summed E-state index contributed by atoms with van der Waals surface area (Å²) in [7, 11) is 2.61. The van der Waals surface area contributed by atoms with E-state index >= 15 is 0 Å². The quantitative estimate of drug-likeness (QED) is 0.142. The van der Waals surface area contributed by atoms with Crippen molar-refractivity contribution in [1.82, 2.24) is 19.9 Å². The average Bonchev–Trinajstić information content (AvgIpc) is 4.17. The molecule has 10 nitrogen and oxygen atoms in total. The summed E-state index contributed by atoms with van der Waals surface area (Å²) in [6.45, 7) is 26.7. The molecule has 8 aromatic rings. The first kappa shape index (κ1) is 51.0. The van der Waals surface area contributed by atoms with Gasteiger partial charge in [0.15, 0.2) is 0 Å².